The van der Waals surface area contributed by atoms with Gasteiger partial charge in [0.1, 0.15) is 18.2 Å². The molecule has 0 aliphatic carbocycles. The van der Waals surface area contributed by atoms with Crippen LogP contribution in [0.5, 0.6) is 5.75 Å². The number of piperidine rings is 1. The van der Waals surface area contributed by atoms with Gasteiger partial charge in [0, 0.05) is 44.0 Å². The summed E-state index contributed by atoms with van der Waals surface area (Å²) >= 11 is 0. The minimum Gasteiger partial charge on any atom is -0.492 e. The summed E-state index contributed by atoms with van der Waals surface area (Å²) in [5.41, 5.74) is 0.983. The highest BCUT2D eigenvalue weighted by Gasteiger charge is 2.27. The first-order valence-electron chi connectivity index (χ1n) is 10.6. The van der Waals surface area contributed by atoms with Crippen molar-refractivity contribution in [2.45, 2.75) is 25.8 Å². The van der Waals surface area contributed by atoms with E-state index in [1.54, 1.807) is 0 Å². The fraction of sp³-hybridized carbons (Fsp3) is 0.545. The lowest BCUT2D eigenvalue weighted by molar-refractivity contribution is 0.0114. The third-order valence-corrected chi connectivity index (χ3v) is 5.57. The molecular weight excluding hydrogens is 366 g/mol. The third-order valence-electron chi connectivity index (χ3n) is 5.57. The van der Waals surface area contributed by atoms with E-state index >= 15 is 0 Å². The van der Waals surface area contributed by atoms with Crippen LogP contribution < -0.4 is 15.0 Å². The third kappa shape index (κ3) is 5.58. The summed E-state index contributed by atoms with van der Waals surface area (Å²) in [7, 11) is 0. The molecule has 0 unspecified atom stereocenters. The van der Waals surface area contributed by atoms with Crippen molar-refractivity contribution >= 4 is 11.8 Å². The minimum atomic E-state index is 0.591. The first-order valence-corrected chi connectivity index (χ1v) is 10.6. The number of aryl methyl sites for hydroxylation is 1. The van der Waals surface area contributed by atoms with E-state index in [2.05, 4.69) is 20.1 Å². The highest BCUT2D eigenvalue weighted by molar-refractivity contribution is 5.44. The SMILES string of the molecule is Cc1cc(NCCOc2ccccc2)nc(N2CCC(N3CCOCC3)CC2)n1. The average Bonchev–Trinajstić information content (AvgIpc) is 2.78. The number of hydrogen-bond donors (Lipinski definition) is 1. The van der Waals surface area contributed by atoms with E-state index in [1.807, 2.05) is 43.3 Å². The lowest BCUT2D eigenvalue weighted by Crippen LogP contribution is -2.49. The summed E-state index contributed by atoms with van der Waals surface area (Å²) in [4.78, 5) is 14.3. The quantitative estimate of drug-likeness (QED) is 0.721. The Hall–Kier alpha value is -2.38. The average molecular weight is 398 g/mol. The summed E-state index contributed by atoms with van der Waals surface area (Å²) in [6.07, 6.45) is 2.32. The second-order valence-corrected chi connectivity index (χ2v) is 7.65. The molecule has 3 heterocycles. The van der Waals surface area contributed by atoms with Gasteiger partial charge >= 0.3 is 0 Å². The van der Waals surface area contributed by atoms with E-state index in [4.69, 9.17) is 14.5 Å². The van der Waals surface area contributed by atoms with Gasteiger partial charge in [-0.1, -0.05) is 18.2 Å². The van der Waals surface area contributed by atoms with Crippen molar-refractivity contribution in [2.24, 2.45) is 0 Å². The van der Waals surface area contributed by atoms with E-state index < -0.39 is 0 Å². The molecule has 4 rings (SSSR count). The van der Waals surface area contributed by atoms with Gasteiger partial charge in [-0.15, -0.1) is 0 Å². The van der Waals surface area contributed by atoms with Crippen LogP contribution in [0.4, 0.5) is 11.8 Å². The summed E-state index contributed by atoms with van der Waals surface area (Å²) in [6.45, 7) is 9.17. The predicted octanol–water partition coefficient (Wildman–Crippen LogP) is 2.58. The number of rotatable bonds is 7. The highest BCUT2D eigenvalue weighted by atomic mass is 16.5. The van der Waals surface area contributed by atoms with Crippen molar-refractivity contribution < 1.29 is 9.47 Å². The molecule has 0 radical (unpaired) electrons. The smallest absolute Gasteiger partial charge is 0.227 e. The molecule has 0 atom stereocenters. The van der Waals surface area contributed by atoms with Gasteiger partial charge in [-0.3, -0.25) is 4.90 Å². The molecule has 156 valence electrons. The Morgan fingerprint density at radius 3 is 2.59 bits per heavy atom. The number of para-hydroxylation sites is 1. The van der Waals surface area contributed by atoms with Crippen molar-refractivity contribution in [3.05, 3.63) is 42.1 Å². The Bertz CT molecular complexity index is 759. The van der Waals surface area contributed by atoms with Gasteiger partial charge < -0.3 is 19.7 Å². The summed E-state index contributed by atoms with van der Waals surface area (Å²) in [5, 5.41) is 3.37. The van der Waals surface area contributed by atoms with Crippen LogP contribution >= 0.6 is 0 Å². The number of ether oxygens (including phenoxy) is 2. The Labute approximate surface area is 173 Å². The molecule has 2 aliphatic rings. The molecule has 0 saturated carbocycles. The molecule has 1 aromatic heterocycles. The van der Waals surface area contributed by atoms with Crippen molar-refractivity contribution in [1.82, 2.24) is 14.9 Å². The predicted molar refractivity (Wildman–Crippen MR) is 115 cm³/mol. The molecule has 0 amide bonds. The Morgan fingerprint density at radius 1 is 1.07 bits per heavy atom. The van der Waals surface area contributed by atoms with Crippen LogP contribution in [-0.2, 0) is 4.74 Å². The fourth-order valence-electron chi connectivity index (χ4n) is 4.02. The Morgan fingerprint density at radius 2 is 1.83 bits per heavy atom. The van der Waals surface area contributed by atoms with E-state index in [9.17, 15) is 0 Å². The number of aromatic nitrogens is 2. The van der Waals surface area contributed by atoms with Gasteiger partial charge in [0.05, 0.1) is 19.8 Å². The zero-order chi connectivity index (χ0) is 19.9. The van der Waals surface area contributed by atoms with Crippen LogP contribution in [0.1, 0.15) is 18.5 Å². The zero-order valence-electron chi connectivity index (χ0n) is 17.2. The van der Waals surface area contributed by atoms with Crippen LogP contribution in [0, 0.1) is 6.92 Å². The van der Waals surface area contributed by atoms with Crippen LogP contribution in [-0.4, -0.2) is 73.5 Å². The van der Waals surface area contributed by atoms with E-state index in [0.29, 0.717) is 19.2 Å². The van der Waals surface area contributed by atoms with Crippen molar-refractivity contribution in [3.63, 3.8) is 0 Å². The standard InChI is InChI=1S/C22H31N5O2/c1-18-17-21(23-9-14-29-20-5-3-2-4-6-20)25-22(24-18)27-10-7-19(8-11-27)26-12-15-28-16-13-26/h2-6,17,19H,7-16H2,1H3,(H,23,24,25). The first kappa shape index (κ1) is 19.9. The maximum absolute atomic E-state index is 5.74. The monoisotopic (exact) mass is 397 g/mol. The van der Waals surface area contributed by atoms with Crippen LogP contribution in [0.2, 0.25) is 0 Å². The van der Waals surface area contributed by atoms with E-state index in [1.165, 1.54) is 0 Å². The van der Waals surface area contributed by atoms with Gasteiger partial charge in [-0.25, -0.2) is 4.98 Å². The zero-order valence-corrected chi connectivity index (χ0v) is 17.2. The molecule has 29 heavy (non-hydrogen) atoms. The molecule has 7 heteroatoms. The van der Waals surface area contributed by atoms with Crippen LogP contribution in [0.25, 0.3) is 0 Å². The van der Waals surface area contributed by atoms with Crippen molar-refractivity contribution in [2.75, 3.05) is 62.8 Å². The number of nitrogens with one attached hydrogen (secondary N) is 1. The summed E-state index contributed by atoms with van der Waals surface area (Å²) in [5.74, 6) is 2.58. The van der Waals surface area contributed by atoms with Gasteiger partial charge in [0.2, 0.25) is 5.95 Å². The lowest BCUT2D eigenvalue weighted by atomic mass is 10.0. The topological polar surface area (TPSA) is 62.8 Å². The molecule has 2 saturated heterocycles. The molecule has 0 spiro atoms. The largest absolute Gasteiger partial charge is 0.492 e. The molecule has 1 aromatic carbocycles. The first-order chi connectivity index (χ1) is 14.3. The Kier molecular flexibility index (Phi) is 6.79. The minimum absolute atomic E-state index is 0.591. The van der Waals surface area contributed by atoms with E-state index in [0.717, 1.165) is 75.4 Å². The second-order valence-electron chi connectivity index (χ2n) is 7.65. The lowest BCUT2D eigenvalue weighted by Gasteiger charge is -2.40. The number of hydrogen-bond acceptors (Lipinski definition) is 7. The molecular formula is C22H31N5O2. The second kappa shape index (κ2) is 9.89. The highest BCUT2D eigenvalue weighted by Crippen LogP contribution is 2.22. The maximum Gasteiger partial charge on any atom is 0.227 e. The molecule has 7 nitrogen and oxygen atoms in total. The number of morpholine rings is 1. The van der Waals surface area contributed by atoms with Crippen molar-refractivity contribution in [1.29, 1.82) is 0 Å². The fourth-order valence-corrected chi connectivity index (χ4v) is 4.02. The maximum atomic E-state index is 5.74. The summed E-state index contributed by atoms with van der Waals surface area (Å²) < 4.78 is 11.2. The van der Waals surface area contributed by atoms with Gasteiger partial charge in [-0.2, -0.15) is 4.98 Å². The molecule has 2 fully saturated rings. The molecule has 1 N–H and O–H groups in total. The molecule has 2 aliphatic heterocycles. The van der Waals surface area contributed by atoms with Crippen molar-refractivity contribution in [3.8, 4) is 5.75 Å². The normalized spacial score (nSPS) is 18.6. The van der Waals surface area contributed by atoms with Gasteiger partial charge in [0.25, 0.3) is 0 Å². The van der Waals surface area contributed by atoms with Gasteiger partial charge in [0.15, 0.2) is 0 Å². The van der Waals surface area contributed by atoms with Crippen LogP contribution in [0.15, 0.2) is 36.4 Å². The number of nitrogens with zero attached hydrogens (tertiary/aromatic N) is 4. The van der Waals surface area contributed by atoms with Crippen LogP contribution in [0.3, 0.4) is 0 Å². The molecule has 0 bridgehead atoms. The summed E-state index contributed by atoms with van der Waals surface area (Å²) in [6, 6.07) is 12.5. The number of anilines is 2. The Balaban J connectivity index is 1.28. The molecule has 2 aromatic rings. The van der Waals surface area contributed by atoms with E-state index in [-0.39, 0.29) is 0 Å². The number of benzene rings is 1. The van der Waals surface area contributed by atoms with Gasteiger partial charge in [-0.05, 0) is 31.9 Å².